The SMILES string of the molecule is CCCN(C(=O)c1sc2nc(COC)nc(OC)c2c1C)C1CCNC1. The number of ether oxygens (including phenoxy) is 2. The average Bonchev–Trinajstić information content (AvgIpc) is 3.27. The lowest BCUT2D eigenvalue weighted by atomic mass is 10.1. The Kier molecular flexibility index (Phi) is 6.05. The minimum atomic E-state index is 0.0800. The third-order valence-electron chi connectivity index (χ3n) is 4.66. The summed E-state index contributed by atoms with van der Waals surface area (Å²) in [4.78, 5) is 25.8. The van der Waals surface area contributed by atoms with Gasteiger partial charge >= 0.3 is 0 Å². The molecule has 26 heavy (non-hydrogen) atoms. The van der Waals surface area contributed by atoms with Crippen molar-refractivity contribution in [3.8, 4) is 5.88 Å². The van der Waals surface area contributed by atoms with Crippen LogP contribution in [0.15, 0.2) is 0 Å². The van der Waals surface area contributed by atoms with E-state index in [4.69, 9.17) is 9.47 Å². The fourth-order valence-corrected chi connectivity index (χ4v) is 4.56. The van der Waals surface area contributed by atoms with E-state index in [9.17, 15) is 4.79 Å². The second kappa shape index (κ2) is 8.28. The lowest BCUT2D eigenvalue weighted by Crippen LogP contribution is -2.42. The van der Waals surface area contributed by atoms with Gasteiger partial charge in [-0.2, -0.15) is 4.98 Å². The fraction of sp³-hybridized carbons (Fsp3) is 0.611. The first-order chi connectivity index (χ1) is 12.6. The lowest BCUT2D eigenvalue weighted by molar-refractivity contribution is 0.0696. The third kappa shape index (κ3) is 3.54. The highest BCUT2D eigenvalue weighted by atomic mass is 32.1. The highest BCUT2D eigenvalue weighted by Gasteiger charge is 2.30. The van der Waals surface area contributed by atoms with Crippen LogP contribution < -0.4 is 10.1 Å². The third-order valence-corrected chi connectivity index (χ3v) is 5.84. The molecule has 0 bridgehead atoms. The summed E-state index contributed by atoms with van der Waals surface area (Å²) in [6.45, 7) is 6.94. The second-order valence-electron chi connectivity index (χ2n) is 6.46. The smallest absolute Gasteiger partial charge is 0.264 e. The van der Waals surface area contributed by atoms with Crippen molar-refractivity contribution < 1.29 is 14.3 Å². The molecule has 0 saturated carbocycles. The number of carbonyl (C=O) groups is 1. The number of amides is 1. The van der Waals surface area contributed by atoms with Gasteiger partial charge in [0.05, 0.1) is 17.4 Å². The first-order valence-corrected chi connectivity index (χ1v) is 9.76. The molecule has 3 rings (SSSR count). The molecule has 2 aromatic heterocycles. The van der Waals surface area contributed by atoms with E-state index in [0.717, 1.165) is 53.1 Å². The zero-order valence-corrected chi connectivity index (χ0v) is 16.6. The van der Waals surface area contributed by atoms with E-state index in [-0.39, 0.29) is 11.9 Å². The number of rotatable bonds is 7. The van der Waals surface area contributed by atoms with Gasteiger partial charge in [0, 0.05) is 26.2 Å². The Morgan fingerprint density at radius 2 is 2.19 bits per heavy atom. The van der Waals surface area contributed by atoms with E-state index in [2.05, 4.69) is 22.2 Å². The van der Waals surface area contributed by atoms with Crippen LogP contribution in [0.2, 0.25) is 0 Å². The van der Waals surface area contributed by atoms with Crippen LogP contribution in [0.4, 0.5) is 0 Å². The molecule has 1 aliphatic heterocycles. The maximum atomic E-state index is 13.3. The number of carbonyl (C=O) groups excluding carboxylic acids is 1. The fourth-order valence-electron chi connectivity index (χ4n) is 3.42. The largest absolute Gasteiger partial charge is 0.480 e. The molecule has 0 spiro atoms. The Balaban J connectivity index is 2.03. The highest BCUT2D eigenvalue weighted by molar-refractivity contribution is 7.20. The Hall–Kier alpha value is -1.77. The van der Waals surface area contributed by atoms with Gasteiger partial charge in [0.2, 0.25) is 5.88 Å². The van der Waals surface area contributed by atoms with Gasteiger partial charge in [0.25, 0.3) is 5.91 Å². The molecule has 1 aliphatic rings. The number of hydrogen-bond acceptors (Lipinski definition) is 7. The second-order valence-corrected chi connectivity index (χ2v) is 7.46. The molecule has 8 heteroatoms. The molecule has 2 aromatic rings. The van der Waals surface area contributed by atoms with Gasteiger partial charge in [0.1, 0.15) is 11.4 Å². The molecule has 0 aromatic carbocycles. The zero-order valence-electron chi connectivity index (χ0n) is 15.8. The van der Waals surface area contributed by atoms with Gasteiger partial charge < -0.3 is 19.7 Å². The lowest BCUT2D eigenvalue weighted by Gasteiger charge is -2.28. The Morgan fingerprint density at radius 3 is 2.81 bits per heavy atom. The highest BCUT2D eigenvalue weighted by Crippen LogP contribution is 2.36. The summed E-state index contributed by atoms with van der Waals surface area (Å²) in [6, 6.07) is 0.254. The molecule has 0 radical (unpaired) electrons. The summed E-state index contributed by atoms with van der Waals surface area (Å²) in [6.07, 6.45) is 1.93. The molecule has 1 unspecified atom stereocenters. The molecule has 1 saturated heterocycles. The van der Waals surface area contributed by atoms with Gasteiger partial charge in [-0.15, -0.1) is 11.3 Å². The van der Waals surface area contributed by atoms with Crippen LogP contribution in [0.5, 0.6) is 5.88 Å². The molecular formula is C18H26N4O3S. The number of methoxy groups -OCH3 is 2. The number of aryl methyl sites for hydroxylation is 1. The van der Waals surface area contributed by atoms with Crippen LogP contribution in [0.1, 0.15) is 40.8 Å². The Labute approximate surface area is 157 Å². The van der Waals surface area contributed by atoms with Crippen molar-refractivity contribution >= 4 is 27.5 Å². The normalized spacial score (nSPS) is 17.0. The molecular weight excluding hydrogens is 352 g/mol. The van der Waals surface area contributed by atoms with E-state index in [0.29, 0.717) is 18.3 Å². The molecule has 142 valence electrons. The van der Waals surface area contributed by atoms with Gasteiger partial charge in [-0.05, 0) is 31.9 Å². The summed E-state index contributed by atoms with van der Waals surface area (Å²) in [5.74, 6) is 1.14. The predicted octanol–water partition coefficient (Wildman–Crippen LogP) is 2.37. The molecule has 1 N–H and O–H groups in total. The molecule has 1 atom stereocenters. The number of hydrogen-bond donors (Lipinski definition) is 1. The van der Waals surface area contributed by atoms with E-state index in [1.165, 1.54) is 11.3 Å². The summed E-state index contributed by atoms with van der Waals surface area (Å²) in [5.41, 5.74) is 0.892. The number of nitrogens with one attached hydrogen (secondary N) is 1. The predicted molar refractivity (Wildman–Crippen MR) is 102 cm³/mol. The Bertz CT molecular complexity index is 786. The molecule has 3 heterocycles. The molecule has 0 aliphatic carbocycles. The van der Waals surface area contributed by atoms with Crippen molar-refractivity contribution in [2.75, 3.05) is 33.9 Å². The van der Waals surface area contributed by atoms with Crippen molar-refractivity contribution in [3.05, 3.63) is 16.3 Å². The van der Waals surface area contributed by atoms with E-state index < -0.39 is 0 Å². The van der Waals surface area contributed by atoms with E-state index >= 15 is 0 Å². The van der Waals surface area contributed by atoms with E-state index in [1.807, 2.05) is 11.8 Å². The van der Waals surface area contributed by atoms with Crippen molar-refractivity contribution in [2.45, 2.75) is 39.3 Å². The summed E-state index contributed by atoms with van der Waals surface area (Å²) < 4.78 is 10.6. The molecule has 1 fully saturated rings. The number of aromatic nitrogens is 2. The maximum Gasteiger partial charge on any atom is 0.264 e. The van der Waals surface area contributed by atoms with Crippen LogP contribution in [-0.4, -0.2) is 60.7 Å². The minimum absolute atomic E-state index is 0.0800. The van der Waals surface area contributed by atoms with Crippen LogP contribution in [0.3, 0.4) is 0 Å². The van der Waals surface area contributed by atoms with Crippen LogP contribution >= 0.6 is 11.3 Å². The van der Waals surface area contributed by atoms with Gasteiger partial charge in [-0.25, -0.2) is 4.98 Å². The van der Waals surface area contributed by atoms with Crippen LogP contribution in [-0.2, 0) is 11.3 Å². The first-order valence-electron chi connectivity index (χ1n) is 8.95. The molecule has 1 amide bonds. The van der Waals surface area contributed by atoms with Gasteiger partial charge in [-0.1, -0.05) is 6.92 Å². The van der Waals surface area contributed by atoms with Crippen molar-refractivity contribution in [1.82, 2.24) is 20.2 Å². The minimum Gasteiger partial charge on any atom is -0.480 e. The van der Waals surface area contributed by atoms with Crippen LogP contribution in [0, 0.1) is 6.92 Å². The van der Waals surface area contributed by atoms with Gasteiger partial charge in [-0.3, -0.25) is 4.79 Å². The Morgan fingerprint density at radius 1 is 1.38 bits per heavy atom. The summed E-state index contributed by atoms with van der Waals surface area (Å²) >= 11 is 1.42. The van der Waals surface area contributed by atoms with Crippen molar-refractivity contribution in [2.24, 2.45) is 0 Å². The van der Waals surface area contributed by atoms with E-state index in [1.54, 1.807) is 14.2 Å². The number of fused-ring (bicyclic) bond motifs is 1. The van der Waals surface area contributed by atoms with Gasteiger partial charge in [0.15, 0.2) is 5.82 Å². The first kappa shape index (κ1) is 19.0. The number of thiophene rings is 1. The van der Waals surface area contributed by atoms with Crippen LogP contribution in [0.25, 0.3) is 10.2 Å². The number of nitrogens with zero attached hydrogens (tertiary/aromatic N) is 3. The quantitative estimate of drug-likeness (QED) is 0.797. The topological polar surface area (TPSA) is 76.6 Å². The maximum absolute atomic E-state index is 13.3. The summed E-state index contributed by atoms with van der Waals surface area (Å²) in [5, 5.41) is 4.17. The average molecular weight is 378 g/mol. The summed E-state index contributed by atoms with van der Waals surface area (Å²) in [7, 11) is 3.19. The molecule has 7 nitrogen and oxygen atoms in total. The van der Waals surface area contributed by atoms with Crippen molar-refractivity contribution in [3.63, 3.8) is 0 Å². The zero-order chi connectivity index (χ0) is 18.7. The standard InChI is InChI=1S/C18H26N4O3S/c1-5-8-22(12-6-7-19-9-12)18(23)15-11(2)14-16(25-4)20-13(10-24-3)21-17(14)26-15/h12,19H,5-10H2,1-4H3. The monoisotopic (exact) mass is 378 g/mol. The van der Waals surface area contributed by atoms with Crippen molar-refractivity contribution in [1.29, 1.82) is 0 Å².